The summed E-state index contributed by atoms with van der Waals surface area (Å²) >= 11 is 0. The summed E-state index contributed by atoms with van der Waals surface area (Å²) in [5.41, 5.74) is 2.93. The van der Waals surface area contributed by atoms with Gasteiger partial charge >= 0.3 is 0 Å². The van der Waals surface area contributed by atoms with Crippen LogP contribution in [0.3, 0.4) is 0 Å². The standard InChI is InChI=1S/C17H27N/c1-4-14-9-11-15(12-10-14)17(18-3)16-8-6-5-7-13(16)2/h5-8,14-15,17-18H,4,9-12H2,1-3H3. The fraction of sp³-hybridized carbons (Fsp3) is 0.647. The van der Waals surface area contributed by atoms with Crippen LogP contribution in [0.2, 0.25) is 0 Å². The van der Waals surface area contributed by atoms with Gasteiger partial charge in [0.05, 0.1) is 0 Å². The van der Waals surface area contributed by atoms with Gasteiger partial charge in [0.2, 0.25) is 0 Å². The molecule has 1 saturated carbocycles. The Kier molecular flexibility index (Phi) is 4.82. The zero-order valence-electron chi connectivity index (χ0n) is 12.1. The third-order valence-electron chi connectivity index (χ3n) is 4.77. The maximum absolute atomic E-state index is 3.56. The summed E-state index contributed by atoms with van der Waals surface area (Å²) in [4.78, 5) is 0. The number of nitrogens with one attached hydrogen (secondary N) is 1. The molecule has 1 aliphatic carbocycles. The van der Waals surface area contributed by atoms with E-state index in [2.05, 4.69) is 50.5 Å². The van der Waals surface area contributed by atoms with Crippen molar-refractivity contribution >= 4 is 0 Å². The molecule has 0 bridgehead atoms. The Bertz CT molecular complexity index is 364. The van der Waals surface area contributed by atoms with Crippen molar-refractivity contribution in [2.45, 2.75) is 52.0 Å². The Morgan fingerprint density at radius 3 is 2.39 bits per heavy atom. The molecule has 1 aliphatic rings. The van der Waals surface area contributed by atoms with Crippen LogP contribution in [0, 0.1) is 18.8 Å². The zero-order valence-corrected chi connectivity index (χ0v) is 12.1. The van der Waals surface area contributed by atoms with Gasteiger partial charge < -0.3 is 5.32 Å². The highest BCUT2D eigenvalue weighted by Gasteiger charge is 2.27. The van der Waals surface area contributed by atoms with Crippen LogP contribution in [0.4, 0.5) is 0 Å². The van der Waals surface area contributed by atoms with Crippen molar-refractivity contribution in [3.8, 4) is 0 Å². The van der Waals surface area contributed by atoms with Crippen molar-refractivity contribution in [3.63, 3.8) is 0 Å². The summed E-state index contributed by atoms with van der Waals surface area (Å²) in [6.45, 7) is 4.57. The summed E-state index contributed by atoms with van der Waals surface area (Å²) in [7, 11) is 2.11. The summed E-state index contributed by atoms with van der Waals surface area (Å²) in [6, 6.07) is 9.38. The second-order valence-electron chi connectivity index (χ2n) is 5.81. The molecule has 0 aliphatic heterocycles. The molecule has 1 nitrogen and oxygen atoms in total. The SMILES string of the molecule is CCC1CCC(C(NC)c2ccccc2C)CC1. The average molecular weight is 245 g/mol. The summed E-state index contributed by atoms with van der Waals surface area (Å²) in [5, 5.41) is 3.56. The van der Waals surface area contributed by atoms with E-state index in [-0.39, 0.29) is 0 Å². The highest BCUT2D eigenvalue weighted by atomic mass is 14.9. The van der Waals surface area contributed by atoms with Crippen molar-refractivity contribution < 1.29 is 0 Å². The third kappa shape index (κ3) is 2.95. The first-order valence-electron chi connectivity index (χ1n) is 7.49. The number of aryl methyl sites for hydroxylation is 1. The van der Waals surface area contributed by atoms with Gasteiger partial charge in [-0.1, -0.05) is 50.5 Å². The van der Waals surface area contributed by atoms with E-state index in [1.807, 2.05) is 0 Å². The van der Waals surface area contributed by atoms with Crippen LogP contribution in [0.1, 0.15) is 56.2 Å². The second-order valence-corrected chi connectivity index (χ2v) is 5.81. The predicted octanol–water partition coefficient (Wildman–Crippen LogP) is 4.47. The van der Waals surface area contributed by atoms with Crippen molar-refractivity contribution in [2.24, 2.45) is 11.8 Å². The van der Waals surface area contributed by atoms with Gasteiger partial charge in [0, 0.05) is 6.04 Å². The van der Waals surface area contributed by atoms with E-state index < -0.39 is 0 Å². The minimum Gasteiger partial charge on any atom is -0.313 e. The van der Waals surface area contributed by atoms with Gasteiger partial charge in [-0.05, 0) is 49.8 Å². The Labute approximate surface area is 112 Å². The Morgan fingerprint density at radius 1 is 1.17 bits per heavy atom. The third-order valence-corrected chi connectivity index (χ3v) is 4.77. The lowest BCUT2D eigenvalue weighted by Crippen LogP contribution is -2.29. The maximum Gasteiger partial charge on any atom is 0.0348 e. The molecule has 1 atom stereocenters. The van der Waals surface area contributed by atoms with E-state index in [1.54, 1.807) is 0 Å². The van der Waals surface area contributed by atoms with E-state index in [4.69, 9.17) is 0 Å². The minimum absolute atomic E-state index is 0.545. The van der Waals surface area contributed by atoms with E-state index in [9.17, 15) is 0 Å². The molecule has 1 heteroatoms. The molecule has 0 spiro atoms. The molecule has 0 heterocycles. The molecule has 0 aromatic heterocycles. The monoisotopic (exact) mass is 245 g/mol. The van der Waals surface area contributed by atoms with Gasteiger partial charge in [0.15, 0.2) is 0 Å². The van der Waals surface area contributed by atoms with Crippen LogP contribution in [-0.4, -0.2) is 7.05 Å². The Hall–Kier alpha value is -0.820. The minimum atomic E-state index is 0.545. The topological polar surface area (TPSA) is 12.0 Å². The van der Waals surface area contributed by atoms with Gasteiger partial charge in [-0.3, -0.25) is 0 Å². The maximum atomic E-state index is 3.56. The quantitative estimate of drug-likeness (QED) is 0.825. The van der Waals surface area contributed by atoms with Gasteiger partial charge in [-0.25, -0.2) is 0 Å². The Balaban J connectivity index is 2.08. The Morgan fingerprint density at radius 2 is 1.83 bits per heavy atom. The van der Waals surface area contributed by atoms with Gasteiger partial charge in [0.1, 0.15) is 0 Å². The molecule has 0 amide bonds. The van der Waals surface area contributed by atoms with Crippen molar-refractivity contribution in [1.29, 1.82) is 0 Å². The summed E-state index contributed by atoms with van der Waals surface area (Å²) in [6.07, 6.45) is 6.98. The molecule has 0 saturated heterocycles. The van der Waals surface area contributed by atoms with E-state index in [0.29, 0.717) is 6.04 Å². The molecule has 18 heavy (non-hydrogen) atoms. The fourth-order valence-electron chi connectivity index (χ4n) is 3.51. The van der Waals surface area contributed by atoms with Crippen molar-refractivity contribution in [3.05, 3.63) is 35.4 Å². The highest BCUT2D eigenvalue weighted by molar-refractivity contribution is 5.29. The molecule has 1 aromatic carbocycles. The lowest BCUT2D eigenvalue weighted by Gasteiger charge is -2.34. The number of hydrogen-bond acceptors (Lipinski definition) is 1. The number of rotatable bonds is 4. The summed E-state index contributed by atoms with van der Waals surface area (Å²) < 4.78 is 0. The largest absolute Gasteiger partial charge is 0.313 e. The molecule has 1 aromatic rings. The van der Waals surface area contributed by atoms with Crippen LogP contribution >= 0.6 is 0 Å². The first-order valence-corrected chi connectivity index (χ1v) is 7.49. The van der Waals surface area contributed by atoms with Crippen LogP contribution in [0.15, 0.2) is 24.3 Å². The van der Waals surface area contributed by atoms with Gasteiger partial charge in [-0.2, -0.15) is 0 Å². The average Bonchev–Trinajstić information content (AvgIpc) is 2.42. The fourth-order valence-corrected chi connectivity index (χ4v) is 3.51. The lowest BCUT2D eigenvalue weighted by atomic mass is 9.75. The molecule has 0 radical (unpaired) electrons. The van der Waals surface area contributed by atoms with E-state index in [0.717, 1.165) is 11.8 Å². The zero-order chi connectivity index (χ0) is 13.0. The van der Waals surface area contributed by atoms with Crippen LogP contribution in [0.5, 0.6) is 0 Å². The molecular weight excluding hydrogens is 218 g/mol. The van der Waals surface area contributed by atoms with Gasteiger partial charge in [-0.15, -0.1) is 0 Å². The van der Waals surface area contributed by atoms with E-state index >= 15 is 0 Å². The van der Waals surface area contributed by atoms with Crippen LogP contribution in [-0.2, 0) is 0 Å². The smallest absolute Gasteiger partial charge is 0.0348 e. The molecule has 2 rings (SSSR count). The lowest BCUT2D eigenvalue weighted by molar-refractivity contribution is 0.224. The van der Waals surface area contributed by atoms with E-state index in [1.165, 1.54) is 43.2 Å². The van der Waals surface area contributed by atoms with Crippen molar-refractivity contribution in [2.75, 3.05) is 7.05 Å². The molecule has 1 unspecified atom stereocenters. The molecular formula is C17H27N. The second kappa shape index (κ2) is 6.38. The first-order chi connectivity index (χ1) is 8.76. The van der Waals surface area contributed by atoms with Crippen molar-refractivity contribution in [1.82, 2.24) is 5.32 Å². The predicted molar refractivity (Wildman–Crippen MR) is 78.7 cm³/mol. The van der Waals surface area contributed by atoms with Crippen LogP contribution in [0.25, 0.3) is 0 Å². The van der Waals surface area contributed by atoms with Gasteiger partial charge in [0.25, 0.3) is 0 Å². The molecule has 1 N–H and O–H groups in total. The highest BCUT2D eigenvalue weighted by Crippen LogP contribution is 2.38. The number of hydrogen-bond donors (Lipinski definition) is 1. The van der Waals surface area contributed by atoms with Crippen LogP contribution < -0.4 is 5.32 Å². The normalized spacial score (nSPS) is 25.9. The first kappa shape index (κ1) is 13.6. The molecule has 1 fully saturated rings. The summed E-state index contributed by atoms with van der Waals surface area (Å²) in [5.74, 6) is 1.80. The molecule has 100 valence electrons. The number of benzene rings is 1.